The number of hydrogen-bond donors (Lipinski definition) is 2. The Kier molecular flexibility index (Phi) is 7.57. The number of nitrogens with one attached hydrogen (secondary N) is 1. The van der Waals surface area contributed by atoms with Gasteiger partial charge in [-0.2, -0.15) is 0 Å². The van der Waals surface area contributed by atoms with Crippen LogP contribution in [-0.2, 0) is 0 Å². The molecule has 2 nitrogen and oxygen atoms in total. The summed E-state index contributed by atoms with van der Waals surface area (Å²) >= 11 is 3.23. The lowest BCUT2D eigenvalue weighted by atomic mass is 9.89. The van der Waals surface area contributed by atoms with E-state index in [2.05, 4.69) is 35.2 Å². The quantitative estimate of drug-likeness (QED) is 0.535. The first-order valence-electron chi connectivity index (χ1n) is 7.03. The summed E-state index contributed by atoms with van der Waals surface area (Å²) in [5, 5.41) is 0. The molecule has 3 N–H and O–H groups in total. The molecule has 2 unspecified atom stereocenters. The minimum atomic E-state index is -0.238. The molecular formula is C15H24BrFN2. The molecule has 2 atom stereocenters. The van der Waals surface area contributed by atoms with Crippen molar-refractivity contribution in [1.29, 1.82) is 0 Å². The Morgan fingerprint density at radius 1 is 1.37 bits per heavy atom. The molecule has 0 spiro atoms. The van der Waals surface area contributed by atoms with Crippen molar-refractivity contribution >= 4 is 15.9 Å². The number of halogens is 2. The van der Waals surface area contributed by atoms with E-state index in [1.807, 2.05) is 6.07 Å². The average molecular weight is 331 g/mol. The van der Waals surface area contributed by atoms with Gasteiger partial charge in [-0.25, -0.2) is 4.39 Å². The van der Waals surface area contributed by atoms with E-state index in [4.69, 9.17) is 5.84 Å². The molecule has 1 rings (SSSR count). The van der Waals surface area contributed by atoms with E-state index in [-0.39, 0.29) is 11.9 Å². The van der Waals surface area contributed by atoms with Crippen LogP contribution < -0.4 is 11.3 Å². The molecule has 0 aliphatic carbocycles. The molecule has 0 aliphatic rings. The third-order valence-electron chi connectivity index (χ3n) is 3.66. The number of unbranched alkanes of at least 4 members (excludes halogenated alkanes) is 1. The van der Waals surface area contributed by atoms with Crippen LogP contribution in [0.1, 0.15) is 57.6 Å². The Hall–Kier alpha value is -0.450. The largest absolute Gasteiger partial charge is 0.271 e. The van der Waals surface area contributed by atoms with E-state index in [1.165, 1.54) is 25.3 Å². The highest BCUT2D eigenvalue weighted by Gasteiger charge is 2.16. The minimum Gasteiger partial charge on any atom is -0.271 e. The molecule has 0 aromatic heterocycles. The van der Waals surface area contributed by atoms with Gasteiger partial charge in [0.2, 0.25) is 0 Å². The first kappa shape index (κ1) is 16.6. The maximum absolute atomic E-state index is 13.3. The summed E-state index contributed by atoms with van der Waals surface area (Å²) in [5.41, 5.74) is 3.90. The molecule has 19 heavy (non-hydrogen) atoms. The van der Waals surface area contributed by atoms with Gasteiger partial charge in [-0.1, -0.05) is 45.6 Å². The van der Waals surface area contributed by atoms with Gasteiger partial charge in [0.15, 0.2) is 0 Å². The molecule has 0 amide bonds. The normalized spacial score (nSPS) is 14.4. The summed E-state index contributed by atoms with van der Waals surface area (Å²) in [6, 6.07) is 5.18. The molecule has 4 heteroatoms. The Balaban J connectivity index is 2.72. The number of hydrogen-bond acceptors (Lipinski definition) is 2. The fourth-order valence-electron chi connectivity index (χ4n) is 2.34. The SMILES string of the molecule is CCCCC(CC)CC(NN)c1ccc(F)c(Br)c1. The summed E-state index contributed by atoms with van der Waals surface area (Å²) in [6.45, 7) is 4.43. The summed E-state index contributed by atoms with van der Waals surface area (Å²) < 4.78 is 13.8. The van der Waals surface area contributed by atoms with Gasteiger partial charge in [0.1, 0.15) is 5.82 Å². The molecule has 0 aliphatic heterocycles. The van der Waals surface area contributed by atoms with Gasteiger partial charge in [0, 0.05) is 6.04 Å². The Morgan fingerprint density at radius 3 is 2.63 bits per heavy atom. The highest BCUT2D eigenvalue weighted by atomic mass is 79.9. The summed E-state index contributed by atoms with van der Waals surface area (Å²) in [6.07, 6.45) is 5.85. The Morgan fingerprint density at radius 2 is 2.11 bits per heavy atom. The van der Waals surface area contributed by atoms with E-state index < -0.39 is 0 Å². The fourth-order valence-corrected chi connectivity index (χ4v) is 2.74. The number of benzene rings is 1. The molecule has 0 saturated carbocycles. The zero-order valence-corrected chi connectivity index (χ0v) is 13.3. The lowest BCUT2D eigenvalue weighted by Gasteiger charge is -2.22. The fraction of sp³-hybridized carbons (Fsp3) is 0.600. The van der Waals surface area contributed by atoms with Gasteiger partial charge < -0.3 is 0 Å². The van der Waals surface area contributed by atoms with E-state index in [0.29, 0.717) is 10.4 Å². The lowest BCUT2D eigenvalue weighted by Crippen LogP contribution is -2.29. The van der Waals surface area contributed by atoms with Crippen molar-refractivity contribution in [3.8, 4) is 0 Å². The van der Waals surface area contributed by atoms with Crippen molar-refractivity contribution in [2.45, 2.75) is 52.0 Å². The maximum Gasteiger partial charge on any atom is 0.137 e. The van der Waals surface area contributed by atoms with Gasteiger partial charge in [0.25, 0.3) is 0 Å². The molecule has 0 saturated heterocycles. The van der Waals surface area contributed by atoms with Crippen molar-refractivity contribution in [3.63, 3.8) is 0 Å². The predicted molar refractivity (Wildman–Crippen MR) is 82.1 cm³/mol. The molecular weight excluding hydrogens is 307 g/mol. The highest BCUT2D eigenvalue weighted by molar-refractivity contribution is 9.10. The zero-order valence-electron chi connectivity index (χ0n) is 11.8. The van der Waals surface area contributed by atoms with Crippen molar-refractivity contribution in [3.05, 3.63) is 34.1 Å². The van der Waals surface area contributed by atoms with Gasteiger partial charge in [-0.15, -0.1) is 0 Å². The summed E-state index contributed by atoms with van der Waals surface area (Å²) in [5.74, 6) is 6.08. The van der Waals surface area contributed by atoms with Gasteiger partial charge >= 0.3 is 0 Å². The minimum absolute atomic E-state index is 0.0821. The van der Waals surface area contributed by atoms with Crippen LogP contribution in [0.5, 0.6) is 0 Å². The van der Waals surface area contributed by atoms with Crippen LogP contribution in [0.15, 0.2) is 22.7 Å². The molecule has 0 bridgehead atoms. The summed E-state index contributed by atoms with van der Waals surface area (Å²) in [4.78, 5) is 0. The van der Waals surface area contributed by atoms with Crippen LogP contribution in [0, 0.1) is 11.7 Å². The van der Waals surface area contributed by atoms with Crippen LogP contribution >= 0.6 is 15.9 Å². The third kappa shape index (κ3) is 5.21. The second kappa shape index (κ2) is 8.67. The Bertz CT molecular complexity index is 384. The number of nitrogens with two attached hydrogens (primary N) is 1. The summed E-state index contributed by atoms with van der Waals surface area (Å²) in [7, 11) is 0. The van der Waals surface area contributed by atoms with Crippen LogP contribution in [0.25, 0.3) is 0 Å². The monoisotopic (exact) mass is 330 g/mol. The first-order chi connectivity index (χ1) is 9.12. The van der Waals surface area contributed by atoms with Crippen LogP contribution in [-0.4, -0.2) is 0 Å². The Labute approximate surface area is 124 Å². The molecule has 0 fully saturated rings. The second-order valence-corrected chi connectivity index (χ2v) is 5.90. The second-order valence-electron chi connectivity index (χ2n) is 5.05. The molecule has 108 valence electrons. The van der Waals surface area contributed by atoms with Gasteiger partial charge in [-0.05, 0) is 46.0 Å². The van der Waals surface area contributed by atoms with Crippen LogP contribution in [0.2, 0.25) is 0 Å². The zero-order chi connectivity index (χ0) is 14.3. The van der Waals surface area contributed by atoms with Gasteiger partial charge in [-0.3, -0.25) is 11.3 Å². The van der Waals surface area contributed by atoms with Gasteiger partial charge in [0.05, 0.1) is 4.47 Å². The van der Waals surface area contributed by atoms with E-state index in [1.54, 1.807) is 6.07 Å². The molecule has 0 radical (unpaired) electrons. The van der Waals surface area contributed by atoms with E-state index in [0.717, 1.165) is 18.4 Å². The van der Waals surface area contributed by atoms with E-state index >= 15 is 0 Å². The van der Waals surface area contributed by atoms with Crippen molar-refractivity contribution in [2.24, 2.45) is 11.8 Å². The van der Waals surface area contributed by atoms with Crippen LogP contribution in [0.4, 0.5) is 4.39 Å². The van der Waals surface area contributed by atoms with E-state index in [9.17, 15) is 4.39 Å². The standard InChI is InChI=1S/C15H24BrFN2/c1-3-5-6-11(4-2)9-15(19-18)12-7-8-14(17)13(16)10-12/h7-8,10-11,15,19H,3-6,9,18H2,1-2H3. The number of rotatable bonds is 8. The smallest absolute Gasteiger partial charge is 0.137 e. The topological polar surface area (TPSA) is 38.0 Å². The van der Waals surface area contributed by atoms with Crippen LogP contribution in [0.3, 0.4) is 0 Å². The number of hydrazine groups is 1. The molecule has 1 aromatic rings. The van der Waals surface area contributed by atoms with Crippen molar-refractivity contribution < 1.29 is 4.39 Å². The maximum atomic E-state index is 13.3. The lowest BCUT2D eigenvalue weighted by molar-refractivity contribution is 0.356. The highest BCUT2D eigenvalue weighted by Crippen LogP contribution is 2.28. The third-order valence-corrected chi connectivity index (χ3v) is 4.27. The van der Waals surface area contributed by atoms with Crippen molar-refractivity contribution in [2.75, 3.05) is 0 Å². The molecule has 1 aromatic carbocycles. The average Bonchev–Trinajstić information content (AvgIpc) is 2.42. The predicted octanol–water partition coefficient (Wildman–Crippen LogP) is 4.70. The molecule has 0 heterocycles. The van der Waals surface area contributed by atoms with Crippen molar-refractivity contribution in [1.82, 2.24) is 5.43 Å². The first-order valence-corrected chi connectivity index (χ1v) is 7.82.